The average Bonchev–Trinajstić information content (AvgIpc) is 2.98. The number of nitrogens with one attached hydrogen (secondary N) is 1. The van der Waals surface area contributed by atoms with Gasteiger partial charge in [0.25, 0.3) is 5.91 Å². The van der Waals surface area contributed by atoms with Crippen molar-refractivity contribution in [3.8, 4) is 0 Å². The smallest absolute Gasteiger partial charge is 0.254 e. The molecular formula is C22H25FN4O3S. The second kappa shape index (κ2) is 7.37. The van der Waals surface area contributed by atoms with E-state index in [-0.39, 0.29) is 27.8 Å². The lowest BCUT2D eigenvalue weighted by molar-refractivity contribution is 0.0179. The SMILES string of the molecule is NS(=O)(=O)c1ccc(F)c(C(=O)NC2C3CN4CCN(C3)CC2(c2ccccc2)C4)c1. The number of carbonyl (C=O) groups is 1. The van der Waals surface area contributed by atoms with Crippen LogP contribution in [0.25, 0.3) is 0 Å². The summed E-state index contributed by atoms with van der Waals surface area (Å²) in [5, 5.41) is 8.27. The van der Waals surface area contributed by atoms with Crippen molar-refractivity contribution in [1.82, 2.24) is 15.1 Å². The molecule has 3 N–H and O–H groups in total. The molecule has 4 bridgehead atoms. The molecule has 2 aromatic rings. The second-order valence-electron chi connectivity index (χ2n) is 8.89. The van der Waals surface area contributed by atoms with Crippen LogP contribution < -0.4 is 10.5 Å². The molecule has 3 atom stereocenters. The van der Waals surface area contributed by atoms with E-state index < -0.39 is 21.7 Å². The third kappa shape index (κ3) is 3.55. The lowest BCUT2D eigenvalue weighted by atomic mass is 9.64. The fourth-order valence-electron chi connectivity index (χ4n) is 5.64. The van der Waals surface area contributed by atoms with Crippen molar-refractivity contribution in [1.29, 1.82) is 0 Å². The van der Waals surface area contributed by atoms with Crippen molar-refractivity contribution in [2.24, 2.45) is 11.1 Å². The third-order valence-corrected chi connectivity index (χ3v) is 7.85. The number of hydrogen-bond acceptors (Lipinski definition) is 5. The van der Waals surface area contributed by atoms with E-state index in [9.17, 15) is 17.6 Å². The largest absolute Gasteiger partial charge is 0.348 e. The number of nitrogens with two attached hydrogens (primary N) is 1. The lowest BCUT2D eigenvalue weighted by Crippen LogP contribution is -2.70. The highest BCUT2D eigenvalue weighted by atomic mass is 32.2. The van der Waals surface area contributed by atoms with Gasteiger partial charge >= 0.3 is 0 Å². The van der Waals surface area contributed by atoms with Gasteiger partial charge in [0.2, 0.25) is 10.0 Å². The second-order valence-corrected chi connectivity index (χ2v) is 10.5. The minimum atomic E-state index is -4.05. The Morgan fingerprint density at radius 3 is 2.32 bits per heavy atom. The highest BCUT2D eigenvalue weighted by Gasteiger charge is 2.55. The van der Waals surface area contributed by atoms with Crippen LogP contribution in [0.4, 0.5) is 4.39 Å². The molecule has 4 fully saturated rings. The molecule has 164 valence electrons. The zero-order valence-electron chi connectivity index (χ0n) is 17.0. The van der Waals surface area contributed by atoms with Gasteiger partial charge in [-0.3, -0.25) is 4.79 Å². The van der Waals surface area contributed by atoms with Crippen LogP contribution in [0.3, 0.4) is 0 Å². The van der Waals surface area contributed by atoms with Gasteiger partial charge in [-0.1, -0.05) is 30.3 Å². The fourth-order valence-corrected chi connectivity index (χ4v) is 6.18. The number of sulfonamides is 1. The van der Waals surface area contributed by atoms with Crippen molar-refractivity contribution in [2.45, 2.75) is 16.4 Å². The number of fused-ring (bicyclic) bond motifs is 1. The molecule has 7 nitrogen and oxygen atoms in total. The highest BCUT2D eigenvalue weighted by molar-refractivity contribution is 7.89. The molecule has 6 rings (SSSR count). The Morgan fingerprint density at radius 1 is 1.06 bits per heavy atom. The van der Waals surface area contributed by atoms with Gasteiger partial charge in [0.15, 0.2) is 0 Å². The summed E-state index contributed by atoms with van der Waals surface area (Å²) in [6, 6.07) is 13.0. The summed E-state index contributed by atoms with van der Waals surface area (Å²) < 4.78 is 37.9. The van der Waals surface area contributed by atoms with E-state index in [2.05, 4.69) is 27.2 Å². The standard InChI is InChI=1S/C22H25FN4O3S/c23-19-7-6-17(31(24,29)30)10-18(19)21(28)25-20-15-11-26-8-9-27(12-15)14-22(20,13-26)16-4-2-1-3-5-16/h1-7,10,15,20H,8-9,11-14H2,(H,25,28)(H2,24,29,30). The number of hydrogen-bond donors (Lipinski definition) is 2. The van der Waals surface area contributed by atoms with Crippen molar-refractivity contribution >= 4 is 15.9 Å². The van der Waals surface area contributed by atoms with Crippen LogP contribution in [0.1, 0.15) is 15.9 Å². The van der Waals surface area contributed by atoms with Crippen molar-refractivity contribution in [3.63, 3.8) is 0 Å². The number of benzene rings is 2. The normalized spacial score (nSPS) is 31.9. The van der Waals surface area contributed by atoms with Crippen LogP contribution in [0.2, 0.25) is 0 Å². The molecule has 0 aromatic heterocycles. The van der Waals surface area contributed by atoms with E-state index in [4.69, 9.17) is 5.14 Å². The molecule has 4 heterocycles. The lowest BCUT2D eigenvalue weighted by Gasteiger charge is -2.55. The summed E-state index contributed by atoms with van der Waals surface area (Å²) in [5.41, 5.74) is 0.533. The van der Waals surface area contributed by atoms with Gasteiger partial charge in [-0.15, -0.1) is 0 Å². The zero-order valence-corrected chi connectivity index (χ0v) is 17.8. The van der Waals surface area contributed by atoms with Crippen LogP contribution in [-0.2, 0) is 15.4 Å². The number of rotatable bonds is 4. The molecular weight excluding hydrogens is 419 g/mol. The third-order valence-electron chi connectivity index (χ3n) is 6.94. The van der Waals surface area contributed by atoms with Crippen LogP contribution in [0.15, 0.2) is 53.4 Å². The molecule has 3 unspecified atom stereocenters. The van der Waals surface area contributed by atoms with Crippen molar-refractivity contribution in [3.05, 3.63) is 65.5 Å². The first kappa shape index (κ1) is 20.6. The van der Waals surface area contributed by atoms with Gasteiger partial charge in [0.05, 0.1) is 10.5 Å². The zero-order chi connectivity index (χ0) is 21.8. The number of nitrogens with zero attached hydrogens (tertiary/aromatic N) is 2. The summed E-state index contributed by atoms with van der Waals surface area (Å²) in [4.78, 5) is 17.8. The molecule has 31 heavy (non-hydrogen) atoms. The van der Waals surface area contributed by atoms with Crippen LogP contribution >= 0.6 is 0 Å². The van der Waals surface area contributed by atoms with Gasteiger partial charge in [0.1, 0.15) is 5.82 Å². The summed E-state index contributed by atoms with van der Waals surface area (Å²) >= 11 is 0. The number of amides is 1. The maximum absolute atomic E-state index is 14.5. The van der Waals surface area contributed by atoms with Crippen LogP contribution in [0, 0.1) is 11.7 Å². The Kier molecular flexibility index (Phi) is 4.89. The first-order valence-corrected chi connectivity index (χ1v) is 11.9. The summed E-state index contributed by atoms with van der Waals surface area (Å²) in [6.07, 6.45) is 0. The molecule has 0 saturated carbocycles. The number of piperidine rings is 2. The Bertz CT molecular complexity index is 1110. The first-order chi connectivity index (χ1) is 14.8. The molecule has 0 spiro atoms. The van der Waals surface area contributed by atoms with E-state index in [1.807, 2.05) is 18.2 Å². The highest BCUT2D eigenvalue weighted by Crippen LogP contribution is 2.43. The molecule has 4 aliphatic rings. The number of carbonyl (C=O) groups excluding carboxylic acids is 1. The Labute approximate surface area is 181 Å². The van der Waals surface area contributed by atoms with Gasteiger partial charge < -0.3 is 15.1 Å². The van der Waals surface area contributed by atoms with Crippen LogP contribution in [-0.4, -0.2) is 69.4 Å². The maximum Gasteiger partial charge on any atom is 0.254 e. The van der Waals surface area contributed by atoms with Crippen molar-refractivity contribution in [2.75, 3.05) is 39.3 Å². The summed E-state index contributed by atoms with van der Waals surface area (Å²) in [7, 11) is -4.05. The molecule has 0 aliphatic carbocycles. The van der Waals surface area contributed by atoms with E-state index in [1.54, 1.807) is 0 Å². The molecule has 4 saturated heterocycles. The average molecular weight is 445 g/mol. The minimum Gasteiger partial charge on any atom is -0.348 e. The van der Waals surface area contributed by atoms with E-state index >= 15 is 0 Å². The van der Waals surface area contributed by atoms with Gasteiger partial charge in [0, 0.05) is 56.6 Å². The predicted molar refractivity (Wildman–Crippen MR) is 114 cm³/mol. The fraction of sp³-hybridized carbons (Fsp3) is 0.409. The molecule has 1 amide bonds. The summed E-state index contributed by atoms with van der Waals surface area (Å²) in [6.45, 7) is 5.36. The Morgan fingerprint density at radius 2 is 1.71 bits per heavy atom. The Balaban J connectivity index is 1.53. The minimum absolute atomic E-state index is 0.189. The summed E-state index contributed by atoms with van der Waals surface area (Å²) in [5.74, 6) is -1.19. The monoisotopic (exact) mass is 444 g/mol. The molecule has 4 aliphatic heterocycles. The van der Waals surface area contributed by atoms with Crippen molar-refractivity contribution < 1.29 is 17.6 Å². The predicted octanol–water partition coefficient (Wildman–Crippen LogP) is 0.771. The molecule has 9 heteroatoms. The Hall–Kier alpha value is -2.33. The number of halogens is 1. The van der Waals surface area contributed by atoms with Crippen LogP contribution in [0.5, 0.6) is 0 Å². The molecule has 2 aromatic carbocycles. The van der Waals surface area contributed by atoms with Gasteiger partial charge in [-0.25, -0.2) is 17.9 Å². The molecule has 0 radical (unpaired) electrons. The van der Waals surface area contributed by atoms with E-state index in [0.717, 1.165) is 63.0 Å². The first-order valence-electron chi connectivity index (χ1n) is 10.4. The van der Waals surface area contributed by atoms with E-state index in [1.165, 1.54) is 0 Å². The quantitative estimate of drug-likeness (QED) is 0.726. The van der Waals surface area contributed by atoms with E-state index in [0.29, 0.717) is 0 Å². The number of primary sulfonamides is 1. The topological polar surface area (TPSA) is 95.7 Å². The van der Waals surface area contributed by atoms with Gasteiger partial charge in [-0.2, -0.15) is 0 Å². The van der Waals surface area contributed by atoms with Gasteiger partial charge in [-0.05, 0) is 23.8 Å². The maximum atomic E-state index is 14.5.